The van der Waals surface area contributed by atoms with Crippen molar-refractivity contribution in [3.63, 3.8) is 0 Å². The average molecular weight is 183 g/mol. The minimum atomic E-state index is -2.84. The Morgan fingerprint density at radius 3 is 2.25 bits per heavy atom. The van der Waals surface area contributed by atoms with Gasteiger partial charge in [-0.25, -0.2) is 8.78 Å². The van der Waals surface area contributed by atoms with Crippen LogP contribution < -0.4 is 5.73 Å². The zero-order valence-corrected chi connectivity index (χ0v) is 6.28. The predicted molar refractivity (Wildman–Crippen MR) is 36.9 cm³/mol. The van der Waals surface area contributed by atoms with E-state index in [1.807, 2.05) is 0 Å². The lowest BCUT2D eigenvalue weighted by atomic mass is 10.1. The molecule has 0 aliphatic heterocycles. The van der Waals surface area contributed by atoms with Gasteiger partial charge >= 0.3 is 5.97 Å². The second-order valence-electron chi connectivity index (χ2n) is 2.42. The highest BCUT2D eigenvalue weighted by Gasteiger charge is 2.19. The predicted octanol–water partition coefficient (Wildman–Crippen LogP) is -0.195. The topological polar surface area (TPSA) is 83.5 Å². The number of hydrogen-bond donors (Lipinski definition) is 3. The third-order valence-electron chi connectivity index (χ3n) is 1.38. The van der Waals surface area contributed by atoms with E-state index >= 15 is 0 Å². The molecular formula is C6H11F2NO3. The Bertz CT molecular complexity index is 154. The fourth-order valence-corrected chi connectivity index (χ4v) is 0.600. The van der Waals surface area contributed by atoms with Gasteiger partial charge in [-0.1, -0.05) is 0 Å². The molecule has 0 amide bonds. The molecule has 0 fully saturated rings. The molecule has 0 aliphatic rings. The molecule has 2 atom stereocenters. The van der Waals surface area contributed by atoms with Crippen molar-refractivity contribution in [3.05, 3.63) is 0 Å². The molecule has 12 heavy (non-hydrogen) atoms. The molecule has 2 unspecified atom stereocenters. The van der Waals surface area contributed by atoms with Gasteiger partial charge in [0.25, 0.3) is 6.43 Å². The van der Waals surface area contributed by atoms with E-state index in [1.165, 1.54) is 0 Å². The summed E-state index contributed by atoms with van der Waals surface area (Å²) in [7, 11) is 0. The highest BCUT2D eigenvalue weighted by Crippen LogP contribution is 2.08. The van der Waals surface area contributed by atoms with E-state index < -0.39 is 24.5 Å². The molecule has 0 rings (SSSR count). The Kier molecular flexibility index (Phi) is 4.68. The van der Waals surface area contributed by atoms with Crippen molar-refractivity contribution >= 4 is 5.97 Å². The molecule has 0 saturated heterocycles. The third-order valence-corrected chi connectivity index (χ3v) is 1.38. The lowest BCUT2D eigenvalue weighted by molar-refractivity contribution is -0.138. The molecule has 0 heterocycles. The van der Waals surface area contributed by atoms with Crippen molar-refractivity contribution in [1.82, 2.24) is 0 Å². The molecule has 0 radical (unpaired) electrons. The van der Waals surface area contributed by atoms with Gasteiger partial charge in [-0.15, -0.1) is 0 Å². The molecule has 72 valence electrons. The van der Waals surface area contributed by atoms with Crippen LogP contribution in [-0.2, 0) is 4.79 Å². The maximum absolute atomic E-state index is 11.6. The lowest BCUT2D eigenvalue weighted by Gasteiger charge is -2.10. The number of rotatable bonds is 5. The number of alkyl halides is 2. The highest BCUT2D eigenvalue weighted by molar-refractivity contribution is 5.72. The standard InChI is InChI=1S/C6H11F2NO3/c7-5(8)4(10)2-1-3(9)6(11)12/h3-5,10H,1-2,9H2,(H,11,12). The monoisotopic (exact) mass is 183 g/mol. The number of aliphatic hydroxyl groups is 1. The largest absolute Gasteiger partial charge is 0.480 e. The van der Waals surface area contributed by atoms with Crippen LogP contribution in [0.15, 0.2) is 0 Å². The Balaban J connectivity index is 3.61. The fraction of sp³-hybridized carbons (Fsp3) is 0.833. The number of carboxylic acid groups (broad SMARTS) is 1. The molecule has 0 aliphatic carbocycles. The highest BCUT2D eigenvalue weighted by atomic mass is 19.3. The second-order valence-corrected chi connectivity index (χ2v) is 2.42. The van der Waals surface area contributed by atoms with Crippen LogP contribution in [0, 0.1) is 0 Å². The van der Waals surface area contributed by atoms with E-state index in [2.05, 4.69) is 0 Å². The normalized spacial score (nSPS) is 16.1. The maximum Gasteiger partial charge on any atom is 0.320 e. The number of nitrogens with two attached hydrogens (primary N) is 1. The summed E-state index contributed by atoms with van der Waals surface area (Å²) in [6.45, 7) is 0. The molecule has 0 aromatic carbocycles. The van der Waals surface area contributed by atoms with Gasteiger partial charge < -0.3 is 15.9 Å². The molecule has 0 bridgehead atoms. The second kappa shape index (κ2) is 5.00. The summed E-state index contributed by atoms with van der Waals surface area (Å²) in [5.41, 5.74) is 5.01. The van der Waals surface area contributed by atoms with E-state index in [4.69, 9.17) is 15.9 Å². The summed E-state index contributed by atoms with van der Waals surface area (Å²) < 4.78 is 23.3. The number of carbonyl (C=O) groups is 1. The first-order valence-corrected chi connectivity index (χ1v) is 3.39. The van der Waals surface area contributed by atoms with E-state index in [0.717, 1.165) is 0 Å². The van der Waals surface area contributed by atoms with E-state index in [1.54, 1.807) is 0 Å². The number of carboxylic acids is 1. The minimum Gasteiger partial charge on any atom is -0.480 e. The van der Waals surface area contributed by atoms with E-state index in [-0.39, 0.29) is 12.8 Å². The molecule has 4 nitrogen and oxygen atoms in total. The first-order chi connectivity index (χ1) is 5.45. The van der Waals surface area contributed by atoms with Gasteiger partial charge in [-0.05, 0) is 12.8 Å². The first-order valence-electron chi connectivity index (χ1n) is 3.39. The van der Waals surface area contributed by atoms with Gasteiger partial charge in [0, 0.05) is 0 Å². The Morgan fingerprint density at radius 1 is 1.42 bits per heavy atom. The summed E-state index contributed by atoms with van der Waals surface area (Å²) in [5, 5.41) is 16.8. The zero-order valence-electron chi connectivity index (χ0n) is 6.28. The van der Waals surface area contributed by atoms with E-state index in [9.17, 15) is 13.6 Å². The van der Waals surface area contributed by atoms with Crippen molar-refractivity contribution in [2.75, 3.05) is 0 Å². The van der Waals surface area contributed by atoms with Gasteiger partial charge in [0.05, 0.1) is 0 Å². The van der Waals surface area contributed by atoms with Crippen molar-refractivity contribution in [3.8, 4) is 0 Å². The summed E-state index contributed by atoms with van der Waals surface area (Å²) >= 11 is 0. The maximum atomic E-state index is 11.6. The van der Waals surface area contributed by atoms with Gasteiger partial charge in [-0.3, -0.25) is 4.79 Å². The van der Waals surface area contributed by atoms with E-state index in [0.29, 0.717) is 0 Å². The van der Waals surface area contributed by atoms with Gasteiger partial charge in [0.2, 0.25) is 0 Å². The number of halogens is 2. The Morgan fingerprint density at radius 2 is 1.92 bits per heavy atom. The van der Waals surface area contributed by atoms with Crippen LogP contribution in [-0.4, -0.2) is 34.8 Å². The Labute approximate surface area is 68.0 Å². The summed E-state index contributed by atoms with van der Waals surface area (Å²) in [4.78, 5) is 10.1. The van der Waals surface area contributed by atoms with Crippen LogP contribution in [0.4, 0.5) is 8.78 Å². The lowest BCUT2D eigenvalue weighted by Crippen LogP contribution is -2.32. The van der Waals surface area contributed by atoms with Crippen LogP contribution in [0.5, 0.6) is 0 Å². The van der Waals surface area contributed by atoms with Crippen LogP contribution >= 0.6 is 0 Å². The Hall–Kier alpha value is -0.750. The van der Waals surface area contributed by atoms with Crippen molar-refractivity contribution in [2.45, 2.75) is 31.4 Å². The fourth-order valence-electron chi connectivity index (χ4n) is 0.600. The van der Waals surface area contributed by atoms with Crippen LogP contribution in [0.3, 0.4) is 0 Å². The molecule has 0 aromatic heterocycles. The van der Waals surface area contributed by atoms with Crippen molar-refractivity contribution in [1.29, 1.82) is 0 Å². The van der Waals surface area contributed by atoms with Gasteiger partial charge in [0.1, 0.15) is 12.1 Å². The molecule has 4 N–H and O–H groups in total. The summed E-state index contributed by atoms with van der Waals surface area (Å²) in [5.74, 6) is -1.25. The van der Waals surface area contributed by atoms with Crippen molar-refractivity contribution < 1.29 is 23.8 Å². The van der Waals surface area contributed by atoms with Crippen LogP contribution in [0.25, 0.3) is 0 Å². The van der Waals surface area contributed by atoms with Crippen LogP contribution in [0.1, 0.15) is 12.8 Å². The molecule has 0 spiro atoms. The molecule has 0 saturated carbocycles. The van der Waals surface area contributed by atoms with Crippen LogP contribution in [0.2, 0.25) is 0 Å². The minimum absolute atomic E-state index is 0.152. The average Bonchev–Trinajstić information content (AvgIpc) is 1.98. The SMILES string of the molecule is NC(CCC(O)C(F)F)C(=O)O. The van der Waals surface area contributed by atoms with Gasteiger partial charge in [0.15, 0.2) is 0 Å². The smallest absolute Gasteiger partial charge is 0.320 e. The number of aliphatic hydroxyl groups excluding tert-OH is 1. The third kappa shape index (κ3) is 4.20. The van der Waals surface area contributed by atoms with Gasteiger partial charge in [-0.2, -0.15) is 0 Å². The summed E-state index contributed by atoms with van der Waals surface area (Å²) in [6.07, 6.45) is -5.08. The molecule has 0 aromatic rings. The first kappa shape index (κ1) is 11.2. The quantitative estimate of drug-likeness (QED) is 0.551. The molecular weight excluding hydrogens is 172 g/mol. The summed E-state index contributed by atoms with van der Waals surface area (Å²) in [6, 6.07) is -1.18. The number of hydrogen-bond acceptors (Lipinski definition) is 3. The molecule has 6 heteroatoms. The zero-order chi connectivity index (χ0) is 9.72. The number of aliphatic carboxylic acids is 1. The van der Waals surface area contributed by atoms with Crippen molar-refractivity contribution in [2.24, 2.45) is 5.73 Å².